The summed E-state index contributed by atoms with van der Waals surface area (Å²) in [6.07, 6.45) is 10.4. The summed E-state index contributed by atoms with van der Waals surface area (Å²) in [6, 6.07) is 0. The van der Waals surface area contributed by atoms with Crippen LogP contribution in [0.2, 0.25) is 0 Å². The highest BCUT2D eigenvalue weighted by atomic mass is 16.5. The molecule has 1 fully saturated rings. The van der Waals surface area contributed by atoms with Gasteiger partial charge in [0, 0.05) is 6.61 Å². The number of hydrogen-bond acceptors (Lipinski definition) is 1. The van der Waals surface area contributed by atoms with Crippen LogP contribution in [-0.4, -0.2) is 12.7 Å². The summed E-state index contributed by atoms with van der Waals surface area (Å²) in [6.45, 7) is 5.43. The molecule has 1 unspecified atom stereocenters. The van der Waals surface area contributed by atoms with Crippen LogP contribution in [0.1, 0.15) is 52.4 Å². The minimum atomic E-state index is 0.422. The van der Waals surface area contributed by atoms with Crippen LogP contribution >= 0.6 is 0 Å². The van der Waals surface area contributed by atoms with Crippen LogP contribution in [0.5, 0.6) is 0 Å². The molecule has 1 saturated heterocycles. The van der Waals surface area contributed by atoms with Gasteiger partial charge in [0.15, 0.2) is 0 Å². The first kappa shape index (κ1) is 10.8. The molecule has 76 valence electrons. The molecule has 13 heavy (non-hydrogen) atoms. The maximum Gasteiger partial charge on any atom is 0.0758 e. The molecule has 0 amide bonds. The Bertz CT molecular complexity index is 155. The lowest BCUT2D eigenvalue weighted by Gasteiger charge is -2.20. The number of allylic oxidation sites excluding steroid dienone is 1. The molecular formula is C12H22O. The fourth-order valence-electron chi connectivity index (χ4n) is 1.75. The molecule has 0 bridgehead atoms. The van der Waals surface area contributed by atoms with Crippen LogP contribution in [-0.2, 0) is 4.74 Å². The third kappa shape index (κ3) is 4.47. The van der Waals surface area contributed by atoms with Crippen molar-refractivity contribution in [2.75, 3.05) is 6.61 Å². The summed E-state index contributed by atoms with van der Waals surface area (Å²) in [5.41, 5.74) is 1.51. The Kier molecular flexibility index (Phi) is 5.14. The average molecular weight is 182 g/mol. The van der Waals surface area contributed by atoms with Gasteiger partial charge in [0.2, 0.25) is 0 Å². The van der Waals surface area contributed by atoms with Crippen molar-refractivity contribution in [3.05, 3.63) is 11.6 Å². The lowest BCUT2D eigenvalue weighted by Crippen LogP contribution is -2.16. The fraction of sp³-hybridized carbons (Fsp3) is 0.833. The molecule has 1 rings (SSSR count). The van der Waals surface area contributed by atoms with E-state index in [9.17, 15) is 0 Å². The van der Waals surface area contributed by atoms with Crippen LogP contribution in [0.3, 0.4) is 0 Å². The van der Waals surface area contributed by atoms with E-state index in [0.29, 0.717) is 6.10 Å². The van der Waals surface area contributed by atoms with E-state index in [1.807, 2.05) is 0 Å². The van der Waals surface area contributed by atoms with Crippen molar-refractivity contribution >= 4 is 0 Å². The molecule has 1 nitrogen and oxygen atoms in total. The third-order valence-electron chi connectivity index (χ3n) is 2.61. The molecule has 0 radical (unpaired) electrons. The molecule has 0 aromatic rings. The number of ether oxygens (including phenoxy) is 1. The number of hydrogen-bond donors (Lipinski definition) is 0. The largest absolute Gasteiger partial charge is 0.374 e. The molecule has 1 heterocycles. The van der Waals surface area contributed by atoms with Gasteiger partial charge in [-0.3, -0.25) is 0 Å². The van der Waals surface area contributed by atoms with E-state index < -0.39 is 0 Å². The molecular weight excluding hydrogens is 160 g/mol. The van der Waals surface area contributed by atoms with Crippen LogP contribution < -0.4 is 0 Å². The van der Waals surface area contributed by atoms with E-state index in [2.05, 4.69) is 19.9 Å². The highest BCUT2D eigenvalue weighted by Gasteiger charge is 2.10. The highest BCUT2D eigenvalue weighted by Crippen LogP contribution is 2.17. The summed E-state index contributed by atoms with van der Waals surface area (Å²) < 4.78 is 5.65. The van der Waals surface area contributed by atoms with Crippen molar-refractivity contribution in [3.63, 3.8) is 0 Å². The quantitative estimate of drug-likeness (QED) is 0.602. The summed E-state index contributed by atoms with van der Waals surface area (Å²) in [7, 11) is 0. The molecule has 0 aliphatic carbocycles. The van der Waals surface area contributed by atoms with Gasteiger partial charge in [-0.15, -0.1) is 0 Å². The number of rotatable bonds is 4. The zero-order chi connectivity index (χ0) is 9.52. The normalized spacial score (nSPS) is 24.8. The summed E-state index contributed by atoms with van der Waals surface area (Å²) in [4.78, 5) is 0. The van der Waals surface area contributed by atoms with Crippen LogP contribution in [0, 0.1) is 0 Å². The van der Waals surface area contributed by atoms with Gasteiger partial charge < -0.3 is 4.74 Å². The maximum absolute atomic E-state index is 5.65. The topological polar surface area (TPSA) is 9.23 Å². The zero-order valence-corrected chi connectivity index (χ0v) is 9.01. The fourth-order valence-corrected chi connectivity index (χ4v) is 1.75. The first-order chi connectivity index (χ1) is 6.33. The predicted octanol–water partition coefficient (Wildman–Crippen LogP) is 3.69. The Hall–Kier alpha value is -0.300. The van der Waals surface area contributed by atoms with Crippen LogP contribution in [0.25, 0.3) is 0 Å². The Balaban J connectivity index is 2.25. The second kappa shape index (κ2) is 6.20. The van der Waals surface area contributed by atoms with Crippen molar-refractivity contribution in [2.24, 2.45) is 0 Å². The van der Waals surface area contributed by atoms with Gasteiger partial charge >= 0.3 is 0 Å². The third-order valence-corrected chi connectivity index (χ3v) is 2.61. The summed E-state index contributed by atoms with van der Waals surface area (Å²) >= 11 is 0. The standard InChI is InChI=1S/C12H22O/c1-3-4-7-11(2)10-12-8-5-6-9-13-12/h10,12H,3-9H2,1-2H3/b11-10+. The lowest BCUT2D eigenvalue weighted by atomic mass is 10.0. The Morgan fingerprint density at radius 3 is 2.92 bits per heavy atom. The first-order valence-corrected chi connectivity index (χ1v) is 5.62. The smallest absolute Gasteiger partial charge is 0.0758 e. The van der Waals surface area contributed by atoms with Crippen molar-refractivity contribution < 1.29 is 4.74 Å². The molecule has 1 aliphatic rings. The van der Waals surface area contributed by atoms with Gasteiger partial charge in [0.25, 0.3) is 0 Å². The minimum Gasteiger partial charge on any atom is -0.374 e. The Morgan fingerprint density at radius 1 is 1.46 bits per heavy atom. The maximum atomic E-state index is 5.65. The number of unbranched alkanes of at least 4 members (excludes halogenated alkanes) is 1. The predicted molar refractivity (Wildman–Crippen MR) is 56.9 cm³/mol. The molecule has 0 aromatic carbocycles. The van der Waals surface area contributed by atoms with E-state index in [-0.39, 0.29) is 0 Å². The SMILES string of the molecule is CCCC/C(C)=C/C1CCCCO1. The minimum absolute atomic E-state index is 0.422. The second-order valence-electron chi connectivity index (χ2n) is 4.02. The molecule has 1 aliphatic heterocycles. The van der Waals surface area contributed by atoms with E-state index in [1.54, 1.807) is 0 Å². The molecule has 0 aromatic heterocycles. The summed E-state index contributed by atoms with van der Waals surface area (Å²) in [5, 5.41) is 0. The lowest BCUT2D eigenvalue weighted by molar-refractivity contribution is 0.0460. The monoisotopic (exact) mass is 182 g/mol. The van der Waals surface area contributed by atoms with Crippen molar-refractivity contribution in [1.82, 2.24) is 0 Å². The van der Waals surface area contributed by atoms with E-state index in [0.717, 1.165) is 6.61 Å². The van der Waals surface area contributed by atoms with E-state index >= 15 is 0 Å². The van der Waals surface area contributed by atoms with Crippen LogP contribution in [0.15, 0.2) is 11.6 Å². The van der Waals surface area contributed by atoms with Crippen molar-refractivity contribution in [2.45, 2.75) is 58.5 Å². The van der Waals surface area contributed by atoms with Gasteiger partial charge in [-0.2, -0.15) is 0 Å². The van der Waals surface area contributed by atoms with Crippen molar-refractivity contribution in [3.8, 4) is 0 Å². The van der Waals surface area contributed by atoms with Gasteiger partial charge in [0.05, 0.1) is 6.10 Å². The van der Waals surface area contributed by atoms with Gasteiger partial charge in [0.1, 0.15) is 0 Å². The van der Waals surface area contributed by atoms with E-state index in [1.165, 1.54) is 44.1 Å². The van der Waals surface area contributed by atoms with Gasteiger partial charge in [-0.1, -0.05) is 25.0 Å². The first-order valence-electron chi connectivity index (χ1n) is 5.62. The molecule has 1 heteroatoms. The van der Waals surface area contributed by atoms with E-state index in [4.69, 9.17) is 4.74 Å². The Labute approximate surface area is 82.2 Å². The Morgan fingerprint density at radius 2 is 2.31 bits per heavy atom. The summed E-state index contributed by atoms with van der Waals surface area (Å²) in [5.74, 6) is 0. The molecule has 0 spiro atoms. The second-order valence-corrected chi connectivity index (χ2v) is 4.02. The average Bonchev–Trinajstić information content (AvgIpc) is 2.16. The van der Waals surface area contributed by atoms with Crippen molar-refractivity contribution in [1.29, 1.82) is 0 Å². The van der Waals surface area contributed by atoms with Gasteiger partial charge in [-0.05, 0) is 39.0 Å². The zero-order valence-electron chi connectivity index (χ0n) is 9.01. The molecule has 1 atom stereocenters. The molecule has 0 saturated carbocycles. The van der Waals surface area contributed by atoms with Crippen LogP contribution in [0.4, 0.5) is 0 Å². The molecule has 0 N–H and O–H groups in total. The van der Waals surface area contributed by atoms with Gasteiger partial charge in [-0.25, -0.2) is 0 Å². The highest BCUT2D eigenvalue weighted by molar-refractivity contribution is 5.02.